The van der Waals surface area contributed by atoms with Crippen molar-refractivity contribution >= 4 is 11.8 Å². The molecule has 0 bridgehead atoms. The van der Waals surface area contributed by atoms with Crippen LogP contribution in [-0.2, 0) is 11.3 Å². The molecule has 0 aromatic carbocycles. The Labute approximate surface area is 139 Å². The van der Waals surface area contributed by atoms with Gasteiger partial charge in [-0.3, -0.25) is 14.6 Å². The van der Waals surface area contributed by atoms with Crippen LogP contribution >= 0.6 is 0 Å². The minimum atomic E-state index is -0.157. The van der Waals surface area contributed by atoms with Crippen LogP contribution in [0.4, 0.5) is 0 Å². The van der Waals surface area contributed by atoms with Gasteiger partial charge in [0.2, 0.25) is 5.91 Å². The molecule has 0 aliphatic carbocycles. The molecule has 124 valence electrons. The summed E-state index contributed by atoms with van der Waals surface area (Å²) in [6, 6.07) is 5.45. The summed E-state index contributed by atoms with van der Waals surface area (Å²) in [5, 5.41) is 3.81. The minimum absolute atomic E-state index is 0.0645. The molecule has 0 radical (unpaired) electrons. The maximum absolute atomic E-state index is 12.6. The number of amides is 2. The van der Waals surface area contributed by atoms with Gasteiger partial charge in [0.1, 0.15) is 5.76 Å². The van der Waals surface area contributed by atoms with Crippen LogP contribution in [0.15, 0.2) is 35.1 Å². The number of carbonyl (C=O) groups is 2. The number of nitrogens with zero attached hydrogens (tertiary/aromatic N) is 4. The summed E-state index contributed by atoms with van der Waals surface area (Å²) in [5.74, 6) is 0.535. The maximum Gasteiger partial charge on any atom is 0.276 e. The highest BCUT2D eigenvalue weighted by molar-refractivity contribution is 5.94. The van der Waals surface area contributed by atoms with Gasteiger partial charge in [-0.1, -0.05) is 11.2 Å². The Morgan fingerprint density at radius 2 is 2.29 bits per heavy atom. The van der Waals surface area contributed by atoms with E-state index in [0.717, 1.165) is 12.0 Å². The summed E-state index contributed by atoms with van der Waals surface area (Å²) in [6.07, 6.45) is 4.65. The van der Waals surface area contributed by atoms with Crippen LogP contribution in [0.25, 0.3) is 0 Å². The van der Waals surface area contributed by atoms with Crippen molar-refractivity contribution in [3.63, 3.8) is 0 Å². The van der Waals surface area contributed by atoms with E-state index in [-0.39, 0.29) is 23.9 Å². The topological polar surface area (TPSA) is 79.5 Å². The average Bonchev–Trinajstić information content (AvgIpc) is 3.26. The zero-order chi connectivity index (χ0) is 16.7. The number of hydrogen-bond acceptors (Lipinski definition) is 5. The molecule has 0 spiro atoms. The Hall–Kier alpha value is -2.70. The fourth-order valence-corrected chi connectivity index (χ4v) is 3.69. The molecule has 2 atom stereocenters. The number of carbonyl (C=O) groups excluding carboxylic acids is 2. The van der Waals surface area contributed by atoms with Gasteiger partial charge >= 0.3 is 0 Å². The lowest BCUT2D eigenvalue weighted by Crippen LogP contribution is -2.39. The standard InChI is InChI=1S/C17H18N4O3/c1-11-7-13(19-24-11)17(23)20-6-4-14-15(20)8-16(22)21(14)10-12-3-2-5-18-9-12/h2-3,5,7,9,14-15H,4,6,8,10H2,1H3/t14-,15+/m0/s1. The number of aryl methyl sites for hydroxylation is 1. The van der Waals surface area contributed by atoms with Crippen LogP contribution in [0.5, 0.6) is 0 Å². The number of pyridine rings is 1. The Morgan fingerprint density at radius 3 is 3.00 bits per heavy atom. The van der Waals surface area contributed by atoms with Gasteiger partial charge in [0.25, 0.3) is 5.91 Å². The first kappa shape index (κ1) is 14.9. The molecular formula is C17H18N4O3. The highest BCUT2D eigenvalue weighted by Crippen LogP contribution is 2.34. The van der Waals surface area contributed by atoms with Crippen LogP contribution in [0.2, 0.25) is 0 Å². The first-order valence-electron chi connectivity index (χ1n) is 8.06. The van der Waals surface area contributed by atoms with Crippen LogP contribution in [0.1, 0.15) is 34.7 Å². The Kier molecular flexibility index (Phi) is 3.55. The van der Waals surface area contributed by atoms with Gasteiger partial charge in [-0.05, 0) is 25.0 Å². The summed E-state index contributed by atoms with van der Waals surface area (Å²) in [4.78, 5) is 32.8. The van der Waals surface area contributed by atoms with Crippen molar-refractivity contribution in [2.75, 3.05) is 6.54 Å². The Morgan fingerprint density at radius 1 is 1.42 bits per heavy atom. The van der Waals surface area contributed by atoms with Gasteiger partial charge in [-0.2, -0.15) is 0 Å². The van der Waals surface area contributed by atoms with Crippen molar-refractivity contribution in [1.82, 2.24) is 19.9 Å². The third-order valence-electron chi connectivity index (χ3n) is 4.80. The van der Waals surface area contributed by atoms with E-state index in [1.54, 1.807) is 30.3 Å². The molecule has 7 nitrogen and oxygen atoms in total. The Balaban J connectivity index is 1.52. The molecule has 2 aromatic rings. The average molecular weight is 326 g/mol. The van der Waals surface area contributed by atoms with E-state index in [0.29, 0.717) is 31.0 Å². The van der Waals surface area contributed by atoms with Crippen molar-refractivity contribution in [2.24, 2.45) is 0 Å². The largest absolute Gasteiger partial charge is 0.361 e. The second kappa shape index (κ2) is 5.74. The molecule has 2 saturated heterocycles. The van der Waals surface area contributed by atoms with E-state index in [9.17, 15) is 9.59 Å². The molecule has 2 aromatic heterocycles. The van der Waals surface area contributed by atoms with Gasteiger partial charge in [0, 0.05) is 38.0 Å². The fourth-order valence-electron chi connectivity index (χ4n) is 3.69. The molecule has 7 heteroatoms. The molecular weight excluding hydrogens is 308 g/mol. The van der Waals surface area contributed by atoms with Crippen molar-refractivity contribution in [3.8, 4) is 0 Å². The van der Waals surface area contributed by atoms with Crippen molar-refractivity contribution in [1.29, 1.82) is 0 Å². The van der Waals surface area contributed by atoms with Gasteiger partial charge in [-0.25, -0.2) is 0 Å². The van der Waals surface area contributed by atoms with Crippen LogP contribution in [0.3, 0.4) is 0 Å². The first-order valence-corrected chi connectivity index (χ1v) is 8.06. The summed E-state index contributed by atoms with van der Waals surface area (Å²) in [7, 11) is 0. The summed E-state index contributed by atoms with van der Waals surface area (Å²) < 4.78 is 5.00. The second-order valence-corrected chi connectivity index (χ2v) is 6.33. The molecule has 4 rings (SSSR count). The fraction of sp³-hybridized carbons (Fsp3) is 0.412. The molecule has 2 aliphatic rings. The zero-order valence-electron chi connectivity index (χ0n) is 13.4. The van der Waals surface area contributed by atoms with E-state index in [2.05, 4.69) is 10.1 Å². The lowest BCUT2D eigenvalue weighted by atomic mass is 10.1. The normalized spacial score (nSPS) is 23.0. The molecule has 0 N–H and O–H groups in total. The minimum Gasteiger partial charge on any atom is -0.361 e. The van der Waals surface area contributed by atoms with E-state index in [4.69, 9.17) is 4.52 Å². The molecule has 24 heavy (non-hydrogen) atoms. The lowest BCUT2D eigenvalue weighted by Gasteiger charge is -2.25. The molecule has 0 unspecified atom stereocenters. The molecule has 2 amide bonds. The van der Waals surface area contributed by atoms with E-state index in [1.807, 2.05) is 17.0 Å². The second-order valence-electron chi connectivity index (χ2n) is 6.33. The van der Waals surface area contributed by atoms with Crippen LogP contribution < -0.4 is 0 Å². The van der Waals surface area contributed by atoms with Crippen molar-refractivity contribution < 1.29 is 14.1 Å². The van der Waals surface area contributed by atoms with Crippen LogP contribution in [-0.4, -0.2) is 50.4 Å². The van der Waals surface area contributed by atoms with E-state index in [1.165, 1.54) is 0 Å². The predicted octanol–water partition coefficient (Wildman–Crippen LogP) is 1.39. The van der Waals surface area contributed by atoms with Gasteiger partial charge in [0.15, 0.2) is 5.69 Å². The van der Waals surface area contributed by atoms with Crippen LogP contribution in [0, 0.1) is 6.92 Å². The summed E-state index contributed by atoms with van der Waals surface area (Å²) in [5.41, 5.74) is 1.31. The third kappa shape index (κ3) is 2.46. The first-order chi connectivity index (χ1) is 11.6. The summed E-state index contributed by atoms with van der Waals surface area (Å²) >= 11 is 0. The molecule has 0 saturated carbocycles. The van der Waals surface area contributed by atoms with Gasteiger partial charge in [0.05, 0.1) is 12.1 Å². The highest BCUT2D eigenvalue weighted by Gasteiger charge is 2.48. The number of rotatable bonds is 3. The van der Waals surface area contributed by atoms with Gasteiger partial charge in [-0.15, -0.1) is 0 Å². The monoisotopic (exact) mass is 326 g/mol. The summed E-state index contributed by atoms with van der Waals surface area (Å²) in [6.45, 7) is 2.93. The molecule has 4 heterocycles. The SMILES string of the molecule is Cc1cc(C(=O)N2CC[C@H]3[C@H]2CC(=O)N3Cc2cccnc2)no1. The highest BCUT2D eigenvalue weighted by atomic mass is 16.5. The molecule has 2 fully saturated rings. The van der Waals surface area contributed by atoms with Gasteiger partial charge < -0.3 is 14.3 Å². The molecule has 2 aliphatic heterocycles. The quantitative estimate of drug-likeness (QED) is 0.851. The number of hydrogen-bond donors (Lipinski definition) is 0. The predicted molar refractivity (Wildman–Crippen MR) is 83.9 cm³/mol. The smallest absolute Gasteiger partial charge is 0.276 e. The zero-order valence-corrected chi connectivity index (χ0v) is 13.4. The third-order valence-corrected chi connectivity index (χ3v) is 4.80. The lowest BCUT2D eigenvalue weighted by molar-refractivity contribution is -0.129. The van der Waals surface area contributed by atoms with Crippen molar-refractivity contribution in [2.45, 2.75) is 38.4 Å². The maximum atomic E-state index is 12.6. The van der Waals surface area contributed by atoms with E-state index >= 15 is 0 Å². The Bertz CT molecular complexity index is 773. The number of aromatic nitrogens is 2. The number of likely N-dealkylation sites (tertiary alicyclic amines) is 2. The van der Waals surface area contributed by atoms with Crippen molar-refractivity contribution in [3.05, 3.63) is 47.6 Å². The van der Waals surface area contributed by atoms with E-state index < -0.39 is 0 Å². The number of fused-ring (bicyclic) bond motifs is 1.